The molecule has 126 valence electrons. The lowest BCUT2D eigenvalue weighted by Crippen LogP contribution is -2.09. The van der Waals surface area contributed by atoms with E-state index in [9.17, 15) is 23.3 Å². The van der Waals surface area contributed by atoms with E-state index in [1.807, 2.05) is 0 Å². The molecule has 0 radical (unpaired) electrons. The quantitative estimate of drug-likeness (QED) is 0.378. The number of hydrogen-bond donors (Lipinski definition) is 1. The largest absolute Gasteiger partial charge is 0.462 e. The number of nitrogens with two attached hydrogens (primary N) is 1. The van der Waals surface area contributed by atoms with E-state index in [1.54, 1.807) is 6.92 Å². The Labute approximate surface area is 137 Å². The van der Waals surface area contributed by atoms with E-state index in [4.69, 9.17) is 10.5 Å². The van der Waals surface area contributed by atoms with E-state index >= 15 is 0 Å². The SMILES string of the molecule is CCOC(=O)c1ccc(S(=O)(=O)c2ccc(N)cc2)c([N+](=O)[O-])c1. The Bertz CT molecular complexity index is 891. The van der Waals surface area contributed by atoms with E-state index in [2.05, 4.69) is 0 Å². The van der Waals surface area contributed by atoms with Crippen LogP contribution < -0.4 is 5.73 Å². The summed E-state index contributed by atoms with van der Waals surface area (Å²) in [6, 6.07) is 8.37. The first kappa shape index (κ1) is 17.4. The highest BCUT2D eigenvalue weighted by Gasteiger charge is 2.29. The summed E-state index contributed by atoms with van der Waals surface area (Å²) in [6.07, 6.45) is 0. The van der Waals surface area contributed by atoms with Gasteiger partial charge >= 0.3 is 5.97 Å². The molecule has 2 rings (SSSR count). The maximum atomic E-state index is 12.6. The molecule has 0 aromatic heterocycles. The topological polar surface area (TPSA) is 130 Å². The molecule has 2 aromatic rings. The van der Waals surface area contributed by atoms with Crippen molar-refractivity contribution in [3.63, 3.8) is 0 Å². The first-order valence-corrected chi connectivity index (χ1v) is 8.32. The maximum absolute atomic E-state index is 12.6. The molecule has 0 fully saturated rings. The van der Waals surface area contributed by atoms with Crippen LogP contribution in [0.25, 0.3) is 0 Å². The van der Waals surface area contributed by atoms with Crippen molar-refractivity contribution in [2.24, 2.45) is 0 Å². The van der Waals surface area contributed by atoms with Gasteiger partial charge in [0.1, 0.15) is 4.90 Å². The third-order valence-corrected chi connectivity index (χ3v) is 4.96. The predicted molar refractivity (Wildman–Crippen MR) is 85.4 cm³/mol. The van der Waals surface area contributed by atoms with Crippen LogP contribution in [0.15, 0.2) is 52.3 Å². The molecule has 8 nitrogen and oxygen atoms in total. The lowest BCUT2D eigenvalue weighted by molar-refractivity contribution is -0.387. The van der Waals surface area contributed by atoms with E-state index < -0.39 is 31.3 Å². The van der Waals surface area contributed by atoms with Gasteiger partial charge < -0.3 is 10.5 Å². The second-order valence-corrected chi connectivity index (χ2v) is 6.65. The molecule has 2 N–H and O–H groups in total. The van der Waals surface area contributed by atoms with Crippen molar-refractivity contribution in [1.82, 2.24) is 0 Å². The Morgan fingerprint density at radius 3 is 2.38 bits per heavy atom. The number of hydrogen-bond acceptors (Lipinski definition) is 7. The number of nitrogen functional groups attached to an aromatic ring is 1. The van der Waals surface area contributed by atoms with Gasteiger partial charge in [-0.05, 0) is 43.3 Å². The van der Waals surface area contributed by atoms with Gasteiger partial charge in [-0.15, -0.1) is 0 Å². The number of benzene rings is 2. The summed E-state index contributed by atoms with van der Waals surface area (Å²) >= 11 is 0. The van der Waals surface area contributed by atoms with E-state index in [0.717, 1.165) is 12.1 Å². The predicted octanol–water partition coefficient (Wildman–Crippen LogP) is 2.19. The average molecular weight is 350 g/mol. The van der Waals surface area contributed by atoms with Crippen molar-refractivity contribution in [2.45, 2.75) is 16.7 Å². The van der Waals surface area contributed by atoms with Gasteiger partial charge in [0.25, 0.3) is 5.69 Å². The monoisotopic (exact) mass is 350 g/mol. The van der Waals surface area contributed by atoms with Crippen molar-refractivity contribution >= 4 is 27.2 Å². The summed E-state index contributed by atoms with van der Waals surface area (Å²) < 4.78 is 30.0. The van der Waals surface area contributed by atoms with Gasteiger partial charge in [0, 0.05) is 11.8 Å². The highest BCUT2D eigenvalue weighted by atomic mass is 32.2. The number of nitrogens with zero attached hydrogens (tertiary/aromatic N) is 1. The highest BCUT2D eigenvalue weighted by Crippen LogP contribution is 2.30. The van der Waals surface area contributed by atoms with Crippen LogP contribution >= 0.6 is 0 Å². The lowest BCUT2D eigenvalue weighted by Gasteiger charge is -2.08. The number of ether oxygens (including phenoxy) is 1. The third-order valence-electron chi connectivity index (χ3n) is 3.15. The molecule has 0 aliphatic carbocycles. The zero-order valence-electron chi connectivity index (χ0n) is 12.6. The van der Waals surface area contributed by atoms with E-state index in [1.165, 1.54) is 30.3 Å². The zero-order chi connectivity index (χ0) is 17.9. The minimum absolute atomic E-state index is 0.0954. The van der Waals surface area contributed by atoms with Gasteiger partial charge in [0.15, 0.2) is 0 Å². The van der Waals surface area contributed by atoms with Crippen molar-refractivity contribution in [2.75, 3.05) is 12.3 Å². The number of carbonyl (C=O) groups excluding carboxylic acids is 1. The standard InChI is InChI=1S/C15H14N2O6S/c1-2-23-15(18)10-3-8-14(13(9-10)17(19)20)24(21,22)12-6-4-11(16)5-7-12/h3-9H,2,16H2,1H3. The van der Waals surface area contributed by atoms with Crippen molar-refractivity contribution in [1.29, 1.82) is 0 Å². The maximum Gasteiger partial charge on any atom is 0.338 e. The van der Waals surface area contributed by atoms with Crippen LogP contribution in [0.2, 0.25) is 0 Å². The molecular formula is C15H14N2O6S. The normalized spacial score (nSPS) is 11.0. The molecule has 0 atom stereocenters. The van der Waals surface area contributed by atoms with Crippen LogP contribution in [0.5, 0.6) is 0 Å². The van der Waals surface area contributed by atoms with Gasteiger partial charge in [-0.3, -0.25) is 10.1 Å². The van der Waals surface area contributed by atoms with Crippen molar-refractivity contribution in [3.05, 3.63) is 58.1 Å². The van der Waals surface area contributed by atoms with Gasteiger partial charge in [-0.1, -0.05) is 0 Å². The number of sulfone groups is 1. The molecule has 0 amide bonds. The second kappa shape index (κ2) is 6.67. The van der Waals surface area contributed by atoms with Gasteiger partial charge in [-0.2, -0.15) is 0 Å². The third kappa shape index (κ3) is 3.35. The molecule has 0 unspecified atom stereocenters. The lowest BCUT2D eigenvalue weighted by atomic mass is 10.2. The molecular weight excluding hydrogens is 336 g/mol. The number of anilines is 1. The first-order valence-electron chi connectivity index (χ1n) is 6.83. The van der Waals surface area contributed by atoms with E-state index in [-0.39, 0.29) is 17.1 Å². The van der Waals surface area contributed by atoms with Crippen LogP contribution in [0, 0.1) is 10.1 Å². The summed E-state index contributed by atoms with van der Waals surface area (Å²) in [5, 5.41) is 11.3. The van der Waals surface area contributed by atoms with Crippen molar-refractivity contribution in [3.8, 4) is 0 Å². The summed E-state index contributed by atoms with van der Waals surface area (Å²) in [6.45, 7) is 1.68. The van der Waals surface area contributed by atoms with Gasteiger partial charge in [0.2, 0.25) is 9.84 Å². The Hall–Kier alpha value is -2.94. The molecule has 24 heavy (non-hydrogen) atoms. The summed E-state index contributed by atoms with van der Waals surface area (Å²) in [4.78, 5) is 21.4. The fourth-order valence-electron chi connectivity index (χ4n) is 2.00. The van der Waals surface area contributed by atoms with Crippen LogP contribution in [0.4, 0.5) is 11.4 Å². The van der Waals surface area contributed by atoms with E-state index in [0.29, 0.717) is 5.69 Å². The second-order valence-electron chi connectivity index (χ2n) is 4.73. The number of esters is 1. The molecule has 0 spiro atoms. The zero-order valence-corrected chi connectivity index (χ0v) is 13.4. The number of rotatable bonds is 5. The molecule has 0 aliphatic rings. The van der Waals surface area contributed by atoms with Crippen LogP contribution in [-0.2, 0) is 14.6 Å². The molecule has 9 heteroatoms. The Morgan fingerprint density at radius 1 is 1.21 bits per heavy atom. The minimum atomic E-state index is -4.14. The fourth-order valence-corrected chi connectivity index (χ4v) is 3.41. The van der Waals surface area contributed by atoms with Crippen molar-refractivity contribution < 1.29 is 22.9 Å². The summed E-state index contributed by atoms with van der Waals surface area (Å²) in [5.41, 5.74) is 5.08. The molecule has 0 saturated heterocycles. The molecule has 0 heterocycles. The molecule has 0 saturated carbocycles. The molecule has 0 bridgehead atoms. The summed E-state index contributed by atoms with van der Waals surface area (Å²) in [7, 11) is -4.14. The number of nitro groups is 1. The van der Waals surface area contributed by atoms with Crippen LogP contribution in [0.1, 0.15) is 17.3 Å². The summed E-state index contributed by atoms with van der Waals surface area (Å²) in [5.74, 6) is -0.767. The fraction of sp³-hybridized carbons (Fsp3) is 0.133. The van der Waals surface area contributed by atoms with Gasteiger partial charge in [0.05, 0.1) is 22.0 Å². The highest BCUT2D eigenvalue weighted by molar-refractivity contribution is 7.91. The molecule has 2 aromatic carbocycles. The first-order chi connectivity index (χ1) is 11.3. The molecule has 0 aliphatic heterocycles. The Balaban J connectivity index is 2.59. The van der Waals surface area contributed by atoms with Crippen LogP contribution in [-0.4, -0.2) is 25.9 Å². The minimum Gasteiger partial charge on any atom is -0.462 e. The smallest absolute Gasteiger partial charge is 0.338 e. The Kier molecular flexibility index (Phi) is 4.84. The number of nitro benzene ring substituents is 1. The Morgan fingerprint density at radius 2 is 1.83 bits per heavy atom. The average Bonchev–Trinajstić information content (AvgIpc) is 2.54. The number of carbonyl (C=O) groups is 1. The van der Waals surface area contributed by atoms with Gasteiger partial charge in [-0.25, -0.2) is 13.2 Å². The van der Waals surface area contributed by atoms with Crippen LogP contribution in [0.3, 0.4) is 0 Å².